The summed E-state index contributed by atoms with van der Waals surface area (Å²) in [6, 6.07) is 7.76. The Morgan fingerprint density at radius 2 is 2.00 bits per heavy atom. The molecule has 3 nitrogen and oxygen atoms in total. The number of imidazole rings is 1. The number of fused-ring (bicyclic) bond motifs is 1. The fourth-order valence-corrected chi connectivity index (χ4v) is 3.03. The maximum atomic E-state index is 5.94. The molecule has 0 atom stereocenters. The first-order chi connectivity index (χ1) is 8.16. The van der Waals surface area contributed by atoms with Crippen LogP contribution in [0.3, 0.4) is 0 Å². The number of nitrogens with zero attached hydrogens (tertiary/aromatic N) is 2. The SMILES string of the molecule is Cc1sc2ncc(N)n2c1-c1ccc(Cl)cc1. The number of rotatable bonds is 1. The summed E-state index contributed by atoms with van der Waals surface area (Å²) in [5, 5.41) is 0.733. The third-order valence-corrected chi connectivity index (χ3v) is 3.90. The molecule has 0 unspecified atom stereocenters. The van der Waals surface area contributed by atoms with E-state index in [1.54, 1.807) is 17.5 Å². The average Bonchev–Trinajstić information content (AvgIpc) is 2.80. The van der Waals surface area contributed by atoms with Crippen LogP contribution in [0, 0.1) is 6.92 Å². The van der Waals surface area contributed by atoms with Crippen LogP contribution >= 0.6 is 22.9 Å². The minimum absolute atomic E-state index is 0.661. The molecule has 0 radical (unpaired) electrons. The normalized spacial score (nSPS) is 11.2. The monoisotopic (exact) mass is 263 g/mol. The third kappa shape index (κ3) is 1.61. The van der Waals surface area contributed by atoms with Gasteiger partial charge in [0, 0.05) is 9.90 Å². The van der Waals surface area contributed by atoms with Crippen molar-refractivity contribution >= 4 is 33.7 Å². The van der Waals surface area contributed by atoms with E-state index in [9.17, 15) is 0 Å². The number of thiazole rings is 1. The number of nitrogen functional groups attached to an aromatic ring is 1. The molecule has 2 heterocycles. The molecule has 0 aliphatic carbocycles. The highest BCUT2D eigenvalue weighted by molar-refractivity contribution is 7.17. The molecule has 0 aliphatic heterocycles. The molecule has 0 amide bonds. The number of hydrogen-bond donors (Lipinski definition) is 1. The molecule has 0 saturated heterocycles. The number of benzene rings is 1. The first-order valence-corrected chi connectivity index (χ1v) is 6.34. The molecule has 3 rings (SSSR count). The molecule has 0 fully saturated rings. The average molecular weight is 264 g/mol. The van der Waals surface area contributed by atoms with Gasteiger partial charge in [0.1, 0.15) is 5.82 Å². The molecule has 0 bridgehead atoms. The molecule has 0 saturated carbocycles. The van der Waals surface area contributed by atoms with Crippen LogP contribution in [0.5, 0.6) is 0 Å². The Morgan fingerprint density at radius 3 is 2.71 bits per heavy atom. The van der Waals surface area contributed by atoms with Crippen molar-refractivity contribution in [2.75, 3.05) is 5.73 Å². The third-order valence-electron chi connectivity index (χ3n) is 2.68. The van der Waals surface area contributed by atoms with Crippen LogP contribution in [0.1, 0.15) is 4.88 Å². The van der Waals surface area contributed by atoms with Crippen molar-refractivity contribution in [1.82, 2.24) is 9.38 Å². The number of aryl methyl sites for hydroxylation is 1. The van der Waals surface area contributed by atoms with Crippen LogP contribution < -0.4 is 5.73 Å². The van der Waals surface area contributed by atoms with Gasteiger partial charge in [-0.3, -0.25) is 4.40 Å². The Labute approximate surface area is 107 Å². The van der Waals surface area contributed by atoms with Crippen LogP contribution in [0.4, 0.5) is 5.82 Å². The van der Waals surface area contributed by atoms with E-state index in [0.29, 0.717) is 5.82 Å². The molecule has 1 aromatic carbocycles. The zero-order valence-corrected chi connectivity index (χ0v) is 10.7. The molecule has 3 aromatic rings. The van der Waals surface area contributed by atoms with Crippen LogP contribution in [0.2, 0.25) is 5.02 Å². The Kier molecular flexibility index (Phi) is 2.34. The van der Waals surface area contributed by atoms with Crippen LogP contribution in [-0.4, -0.2) is 9.38 Å². The highest BCUT2D eigenvalue weighted by Crippen LogP contribution is 2.33. The van der Waals surface area contributed by atoms with E-state index in [-0.39, 0.29) is 0 Å². The number of hydrogen-bond acceptors (Lipinski definition) is 3. The van der Waals surface area contributed by atoms with E-state index in [1.165, 1.54) is 4.88 Å². The van der Waals surface area contributed by atoms with Crippen molar-refractivity contribution in [3.05, 3.63) is 40.4 Å². The minimum atomic E-state index is 0.661. The molecule has 17 heavy (non-hydrogen) atoms. The van der Waals surface area contributed by atoms with Gasteiger partial charge < -0.3 is 5.73 Å². The number of nitrogens with two attached hydrogens (primary N) is 1. The zero-order valence-electron chi connectivity index (χ0n) is 9.14. The lowest BCUT2D eigenvalue weighted by Crippen LogP contribution is -1.93. The maximum absolute atomic E-state index is 5.94. The van der Waals surface area contributed by atoms with Crippen molar-refractivity contribution in [2.24, 2.45) is 0 Å². The largest absolute Gasteiger partial charge is 0.383 e. The van der Waals surface area contributed by atoms with E-state index in [2.05, 4.69) is 11.9 Å². The Hall–Kier alpha value is -1.52. The topological polar surface area (TPSA) is 43.3 Å². The predicted octanol–water partition coefficient (Wildman–Crippen LogP) is 3.61. The summed E-state index contributed by atoms with van der Waals surface area (Å²) in [6.45, 7) is 2.07. The Morgan fingerprint density at radius 1 is 1.29 bits per heavy atom. The molecule has 2 aromatic heterocycles. The zero-order chi connectivity index (χ0) is 12.0. The second-order valence-electron chi connectivity index (χ2n) is 3.81. The number of anilines is 1. The highest BCUT2D eigenvalue weighted by Gasteiger charge is 2.13. The summed E-state index contributed by atoms with van der Waals surface area (Å²) in [7, 11) is 0. The van der Waals surface area contributed by atoms with Crippen LogP contribution in [0.25, 0.3) is 16.2 Å². The highest BCUT2D eigenvalue weighted by atomic mass is 35.5. The smallest absolute Gasteiger partial charge is 0.196 e. The van der Waals surface area contributed by atoms with Crippen LogP contribution in [-0.2, 0) is 0 Å². The van der Waals surface area contributed by atoms with Crippen LogP contribution in [0.15, 0.2) is 30.5 Å². The lowest BCUT2D eigenvalue weighted by molar-refractivity contribution is 1.23. The van der Waals surface area contributed by atoms with E-state index >= 15 is 0 Å². The van der Waals surface area contributed by atoms with E-state index in [0.717, 1.165) is 21.2 Å². The van der Waals surface area contributed by atoms with Gasteiger partial charge in [0.15, 0.2) is 4.96 Å². The minimum Gasteiger partial charge on any atom is -0.383 e. The van der Waals surface area contributed by atoms with Gasteiger partial charge in [0.25, 0.3) is 0 Å². The summed E-state index contributed by atoms with van der Waals surface area (Å²) < 4.78 is 1.98. The summed E-state index contributed by atoms with van der Waals surface area (Å²) in [6.07, 6.45) is 1.69. The van der Waals surface area contributed by atoms with Gasteiger partial charge in [-0.25, -0.2) is 4.98 Å². The first-order valence-electron chi connectivity index (χ1n) is 5.15. The quantitative estimate of drug-likeness (QED) is 0.729. The second-order valence-corrected chi connectivity index (χ2v) is 5.43. The van der Waals surface area contributed by atoms with E-state index in [4.69, 9.17) is 17.3 Å². The number of halogens is 1. The fraction of sp³-hybridized carbons (Fsp3) is 0.0833. The summed E-state index contributed by atoms with van der Waals surface area (Å²) in [4.78, 5) is 6.39. The lowest BCUT2D eigenvalue weighted by atomic mass is 10.1. The Balaban J connectivity index is 2.32. The first kappa shape index (κ1) is 10.6. The number of aromatic nitrogens is 2. The summed E-state index contributed by atoms with van der Waals surface area (Å²) >= 11 is 7.54. The maximum Gasteiger partial charge on any atom is 0.196 e. The summed E-state index contributed by atoms with van der Waals surface area (Å²) in [5.74, 6) is 0.661. The Bertz CT molecular complexity index is 682. The standard InChI is InChI=1S/C12H10ClN3S/c1-7-11(8-2-4-9(13)5-3-8)16-10(14)6-15-12(16)17-7/h2-6H,14H2,1H3. The summed E-state index contributed by atoms with van der Waals surface area (Å²) in [5.41, 5.74) is 8.13. The molecule has 86 valence electrons. The van der Waals surface area contributed by atoms with Gasteiger partial charge in [-0.05, 0) is 24.6 Å². The van der Waals surface area contributed by atoms with Gasteiger partial charge >= 0.3 is 0 Å². The van der Waals surface area contributed by atoms with Gasteiger partial charge in [-0.1, -0.05) is 23.7 Å². The molecule has 0 aliphatic rings. The van der Waals surface area contributed by atoms with Gasteiger partial charge in [-0.2, -0.15) is 0 Å². The van der Waals surface area contributed by atoms with Crippen molar-refractivity contribution in [3.8, 4) is 11.3 Å². The van der Waals surface area contributed by atoms with Gasteiger partial charge in [0.2, 0.25) is 0 Å². The van der Waals surface area contributed by atoms with Crippen molar-refractivity contribution in [2.45, 2.75) is 6.92 Å². The molecule has 5 heteroatoms. The lowest BCUT2D eigenvalue weighted by Gasteiger charge is -2.03. The molecular formula is C12H10ClN3S. The van der Waals surface area contributed by atoms with Gasteiger partial charge in [-0.15, -0.1) is 11.3 Å². The van der Waals surface area contributed by atoms with Gasteiger partial charge in [0.05, 0.1) is 11.9 Å². The molecule has 0 spiro atoms. The van der Waals surface area contributed by atoms with E-state index in [1.807, 2.05) is 28.7 Å². The van der Waals surface area contributed by atoms with E-state index < -0.39 is 0 Å². The van der Waals surface area contributed by atoms with Crippen molar-refractivity contribution in [1.29, 1.82) is 0 Å². The second kappa shape index (κ2) is 3.75. The van der Waals surface area contributed by atoms with Crippen molar-refractivity contribution < 1.29 is 0 Å². The molecule has 2 N–H and O–H groups in total. The molecular weight excluding hydrogens is 254 g/mol. The van der Waals surface area contributed by atoms with Crippen molar-refractivity contribution in [3.63, 3.8) is 0 Å². The predicted molar refractivity (Wildman–Crippen MR) is 72.7 cm³/mol. The fourth-order valence-electron chi connectivity index (χ4n) is 1.93.